The molecule has 1 unspecified atom stereocenters. The van der Waals surface area contributed by atoms with Crippen LogP contribution in [0.5, 0.6) is 28.7 Å². The van der Waals surface area contributed by atoms with E-state index in [1.54, 1.807) is 6.07 Å². The average molecular weight is 370 g/mol. The molecular formula is C21H22O6. The highest BCUT2D eigenvalue weighted by Crippen LogP contribution is 2.43. The highest BCUT2D eigenvalue weighted by Gasteiger charge is 2.35. The maximum absolute atomic E-state index is 13.0. The Morgan fingerprint density at radius 2 is 1.93 bits per heavy atom. The Hall–Kier alpha value is -3.15. The van der Waals surface area contributed by atoms with E-state index in [2.05, 4.69) is 0 Å². The number of rotatable bonds is 4. The summed E-state index contributed by atoms with van der Waals surface area (Å²) >= 11 is 0. The number of Topliss-reactive ketones (excluding diaryl/α,β-unsaturated/α-hetero) is 1. The molecule has 6 heteroatoms. The Balaban J connectivity index is 2.04. The minimum absolute atomic E-state index is 0.00327. The molecule has 0 aromatic heterocycles. The van der Waals surface area contributed by atoms with Crippen molar-refractivity contribution in [3.05, 3.63) is 52.6 Å². The van der Waals surface area contributed by atoms with E-state index in [4.69, 9.17) is 9.47 Å². The van der Waals surface area contributed by atoms with Crippen LogP contribution in [0.15, 0.2) is 35.9 Å². The van der Waals surface area contributed by atoms with Crippen LogP contribution in [-0.2, 0) is 6.42 Å². The second-order valence-electron chi connectivity index (χ2n) is 6.77. The van der Waals surface area contributed by atoms with Gasteiger partial charge in [0.15, 0.2) is 5.78 Å². The van der Waals surface area contributed by atoms with Crippen molar-refractivity contribution in [2.45, 2.75) is 26.2 Å². The van der Waals surface area contributed by atoms with E-state index in [-0.39, 0.29) is 41.0 Å². The lowest BCUT2D eigenvalue weighted by atomic mass is 9.86. The van der Waals surface area contributed by atoms with Crippen molar-refractivity contribution in [1.82, 2.24) is 0 Å². The number of benzene rings is 2. The normalized spacial score (nSPS) is 15.7. The Bertz CT molecular complexity index is 925. The molecule has 3 N–H and O–H groups in total. The minimum Gasteiger partial charge on any atom is -0.508 e. The first-order valence-electron chi connectivity index (χ1n) is 8.58. The van der Waals surface area contributed by atoms with E-state index in [0.29, 0.717) is 17.7 Å². The predicted octanol–water partition coefficient (Wildman–Crippen LogP) is 3.68. The lowest BCUT2D eigenvalue weighted by Gasteiger charge is -2.26. The quantitative estimate of drug-likeness (QED) is 0.711. The van der Waals surface area contributed by atoms with Crippen molar-refractivity contribution < 1.29 is 29.6 Å². The fraction of sp³-hybridized carbons (Fsp3) is 0.286. The smallest absolute Gasteiger partial charge is 0.181 e. The van der Waals surface area contributed by atoms with Gasteiger partial charge in [0, 0.05) is 23.8 Å². The molecule has 2 aromatic carbocycles. The van der Waals surface area contributed by atoms with Crippen LogP contribution in [0.4, 0.5) is 0 Å². The van der Waals surface area contributed by atoms with Gasteiger partial charge in [-0.05, 0) is 31.9 Å². The number of allylic oxidation sites excluding steroid dienone is 2. The zero-order valence-corrected chi connectivity index (χ0v) is 15.4. The largest absolute Gasteiger partial charge is 0.508 e. The number of phenolic OH excluding ortho intramolecular Hbond substituents is 3. The van der Waals surface area contributed by atoms with Crippen molar-refractivity contribution >= 4 is 5.78 Å². The molecule has 0 aliphatic carbocycles. The van der Waals surface area contributed by atoms with Crippen molar-refractivity contribution in [2.75, 3.05) is 13.7 Å². The molecular weight excluding hydrogens is 348 g/mol. The average Bonchev–Trinajstić information content (AvgIpc) is 2.60. The van der Waals surface area contributed by atoms with Crippen LogP contribution in [0.25, 0.3) is 0 Å². The predicted molar refractivity (Wildman–Crippen MR) is 100 cm³/mol. The van der Waals surface area contributed by atoms with Gasteiger partial charge in [-0.2, -0.15) is 0 Å². The summed E-state index contributed by atoms with van der Waals surface area (Å²) in [5.74, 6) is -1.09. The third kappa shape index (κ3) is 3.56. The van der Waals surface area contributed by atoms with Crippen LogP contribution in [-0.4, -0.2) is 34.8 Å². The number of ketones is 1. The highest BCUT2D eigenvalue weighted by atomic mass is 16.5. The van der Waals surface area contributed by atoms with Crippen molar-refractivity contribution in [2.24, 2.45) is 0 Å². The van der Waals surface area contributed by atoms with Crippen molar-refractivity contribution in [1.29, 1.82) is 0 Å². The summed E-state index contributed by atoms with van der Waals surface area (Å²) in [6.45, 7) is 3.97. The summed E-state index contributed by atoms with van der Waals surface area (Å²) in [7, 11) is 1.52. The molecule has 3 rings (SSSR count). The lowest BCUT2D eigenvalue weighted by molar-refractivity contribution is 0.0890. The third-order valence-electron chi connectivity index (χ3n) is 4.57. The maximum Gasteiger partial charge on any atom is 0.181 e. The van der Waals surface area contributed by atoms with Gasteiger partial charge < -0.3 is 24.8 Å². The molecule has 0 spiro atoms. The Labute approximate surface area is 157 Å². The van der Waals surface area contributed by atoms with E-state index in [1.165, 1.54) is 19.2 Å². The summed E-state index contributed by atoms with van der Waals surface area (Å²) in [4.78, 5) is 13.0. The molecule has 6 nitrogen and oxygen atoms in total. The van der Waals surface area contributed by atoms with E-state index >= 15 is 0 Å². The number of methoxy groups -OCH3 is 1. The standard InChI is InChI=1S/C21H22O6/c1-11(2)4-5-12-6-14(16(23)9-18(12)26-3)15-10-27-19-8-13(22)7-17(24)20(19)21(15)25/h4,6-9,15,22-24H,5,10H2,1-3H3. The van der Waals surface area contributed by atoms with E-state index in [9.17, 15) is 20.1 Å². The monoisotopic (exact) mass is 370 g/mol. The summed E-state index contributed by atoms with van der Waals surface area (Å²) < 4.78 is 10.9. The summed E-state index contributed by atoms with van der Waals surface area (Å²) in [5, 5.41) is 30.1. The van der Waals surface area contributed by atoms with Crippen LogP contribution >= 0.6 is 0 Å². The van der Waals surface area contributed by atoms with Crippen LogP contribution in [0.2, 0.25) is 0 Å². The molecule has 0 fully saturated rings. The number of carbonyl (C=O) groups is 1. The molecule has 142 valence electrons. The molecule has 0 bridgehead atoms. The second kappa shape index (κ2) is 7.23. The van der Waals surface area contributed by atoms with Gasteiger partial charge in [-0.25, -0.2) is 0 Å². The second-order valence-corrected chi connectivity index (χ2v) is 6.77. The molecule has 1 aliphatic heterocycles. The first-order chi connectivity index (χ1) is 12.8. The van der Waals surface area contributed by atoms with Crippen LogP contribution in [0.3, 0.4) is 0 Å². The number of carbonyl (C=O) groups excluding carboxylic acids is 1. The molecule has 0 saturated heterocycles. The number of hydrogen-bond donors (Lipinski definition) is 3. The van der Waals surface area contributed by atoms with Crippen LogP contribution < -0.4 is 9.47 Å². The van der Waals surface area contributed by atoms with E-state index < -0.39 is 5.92 Å². The molecule has 2 aromatic rings. The zero-order chi connectivity index (χ0) is 19.7. The molecule has 27 heavy (non-hydrogen) atoms. The summed E-state index contributed by atoms with van der Waals surface area (Å²) in [6.07, 6.45) is 2.62. The number of aromatic hydroxyl groups is 3. The Morgan fingerprint density at radius 3 is 2.59 bits per heavy atom. The Morgan fingerprint density at radius 1 is 1.19 bits per heavy atom. The van der Waals surface area contributed by atoms with Gasteiger partial charge in [0.2, 0.25) is 0 Å². The summed E-state index contributed by atoms with van der Waals surface area (Å²) in [6, 6.07) is 5.61. The van der Waals surface area contributed by atoms with Gasteiger partial charge in [-0.15, -0.1) is 0 Å². The topological polar surface area (TPSA) is 96.2 Å². The lowest BCUT2D eigenvalue weighted by Crippen LogP contribution is -2.26. The van der Waals surface area contributed by atoms with Gasteiger partial charge in [-0.3, -0.25) is 4.79 Å². The number of hydrogen-bond acceptors (Lipinski definition) is 6. The fourth-order valence-corrected chi connectivity index (χ4v) is 3.18. The zero-order valence-electron chi connectivity index (χ0n) is 15.4. The first-order valence-corrected chi connectivity index (χ1v) is 8.58. The Kier molecular flexibility index (Phi) is 4.99. The molecule has 1 aliphatic rings. The van der Waals surface area contributed by atoms with Gasteiger partial charge in [0.1, 0.15) is 40.9 Å². The third-order valence-corrected chi connectivity index (χ3v) is 4.57. The van der Waals surface area contributed by atoms with Crippen molar-refractivity contribution in [3.63, 3.8) is 0 Å². The molecule has 1 heterocycles. The highest BCUT2D eigenvalue weighted by molar-refractivity contribution is 6.06. The number of phenols is 3. The van der Waals surface area contributed by atoms with Crippen LogP contribution in [0, 0.1) is 0 Å². The van der Waals surface area contributed by atoms with Gasteiger partial charge in [0.05, 0.1) is 13.0 Å². The van der Waals surface area contributed by atoms with E-state index in [0.717, 1.165) is 17.2 Å². The number of fused-ring (bicyclic) bond motifs is 1. The fourth-order valence-electron chi connectivity index (χ4n) is 3.18. The van der Waals surface area contributed by atoms with Gasteiger partial charge in [0.25, 0.3) is 0 Å². The molecule has 0 radical (unpaired) electrons. The van der Waals surface area contributed by atoms with Crippen molar-refractivity contribution in [3.8, 4) is 28.7 Å². The summed E-state index contributed by atoms with van der Waals surface area (Å²) in [5.41, 5.74) is 2.39. The van der Waals surface area contributed by atoms with Gasteiger partial charge in [-0.1, -0.05) is 11.6 Å². The minimum atomic E-state index is -0.774. The van der Waals surface area contributed by atoms with Crippen LogP contribution in [0.1, 0.15) is 41.3 Å². The number of ether oxygens (including phenoxy) is 2. The first kappa shape index (κ1) is 18.6. The SMILES string of the molecule is COc1cc(O)c(C2COc3cc(O)cc(O)c3C2=O)cc1CC=C(C)C. The molecule has 0 amide bonds. The van der Waals surface area contributed by atoms with E-state index in [1.807, 2.05) is 19.9 Å². The van der Waals surface area contributed by atoms with Gasteiger partial charge >= 0.3 is 0 Å². The maximum atomic E-state index is 13.0. The molecule has 0 saturated carbocycles. The molecule has 1 atom stereocenters.